The van der Waals surface area contributed by atoms with Crippen LogP contribution in [0, 0.1) is 41.5 Å². The molecular formula is C109H102N4O4+4. The zero-order valence-corrected chi connectivity index (χ0v) is 69.1. The van der Waals surface area contributed by atoms with Crippen LogP contribution in [0.5, 0.6) is 0 Å². The van der Waals surface area contributed by atoms with Crippen molar-refractivity contribution in [2.24, 2.45) is 28.2 Å². The molecule has 0 unspecified atom stereocenters. The Morgan fingerprint density at radius 2 is 0.607 bits per heavy atom. The molecule has 2 aliphatic carbocycles. The van der Waals surface area contributed by atoms with Gasteiger partial charge in [0, 0.05) is 96.5 Å². The Labute approximate surface area is 691 Å². The van der Waals surface area contributed by atoms with Crippen molar-refractivity contribution in [3.05, 3.63) is 311 Å². The molecule has 0 atom stereocenters. The molecule has 0 radical (unpaired) electrons. The summed E-state index contributed by atoms with van der Waals surface area (Å²) in [5.41, 5.74) is 25.6. The summed E-state index contributed by atoms with van der Waals surface area (Å²) in [6, 6.07) is 83.2. The summed E-state index contributed by atoms with van der Waals surface area (Å²) in [6.45, 7) is 15.0. The number of furan rings is 4. The highest BCUT2D eigenvalue weighted by Crippen LogP contribution is 2.47. The van der Waals surface area contributed by atoms with E-state index in [1.54, 1.807) is 6.20 Å². The lowest BCUT2D eigenvalue weighted by Gasteiger charge is -2.21. The lowest BCUT2D eigenvalue weighted by molar-refractivity contribution is -0.661. The first-order valence-electron chi connectivity index (χ1n) is 44.1. The molecule has 20 aromatic rings. The average molecular weight is 1540 g/mol. The fourth-order valence-electron chi connectivity index (χ4n) is 18.9. The number of fused-ring (bicyclic) bond motifs is 20. The first-order valence-corrected chi connectivity index (χ1v) is 41.6. The Morgan fingerprint density at radius 3 is 0.932 bits per heavy atom. The molecular weight excluding hydrogens is 1430 g/mol. The Kier molecular flexibility index (Phi) is 17.6. The maximum atomic E-state index is 9.02. The second kappa shape index (κ2) is 30.0. The third-order valence-corrected chi connectivity index (χ3v) is 25.2. The van der Waals surface area contributed by atoms with Gasteiger partial charge in [-0.05, 0) is 198 Å². The molecule has 0 aliphatic heterocycles. The van der Waals surface area contributed by atoms with Gasteiger partial charge in [-0.15, -0.1) is 0 Å². The topological polar surface area (TPSA) is 68.1 Å². The predicted molar refractivity (Wildman–Crippen MR) is 486 cm³/mol. The van der Waals surface area contributed by atoms with Gasteiger partial charge in [0.1, 0.15) is 72.9 Å². The fourth-order valence-corrected chi connectivity index (χ4v) is 18.9. The number of aromatic nitrogens is 4. The quantitative estimate of drug-likeness (QED) is 0.156. The minimum absolute atomic E-state index is 0.121. The van der Waals surface area contributed by atoms with Crippen molar-refractivity contribution in [3.8, 4) is 45.0 Å². The Bertz CT molecular complexity index is 7630. The van der Waals surface area contributed by atoms with Crippen LogP contribution in [0.25, 0.3) is 176 Å². The van der Waals surface area contributed by atoms with Gasteiger partial charge >= 0.3 is 0 Å². The summed E-state index contributed by atoms with van der Waals surface area (Å²) in [4.78, 5) is 0. The minimum Gasteiger partial charge on any atom is -0.455 e. The Morgan fingerprint density at radius 1 is 0.299 bits per heavy atom. The molecule has 8 heterocycles. The third kappa shape index (κ3) is 13.3. The van der Waals surface area contributed by atoms with Gasteiger partial charge < -0.3 is 17.7 Å². The minimum atomic E-state index is -2.14. The van der Waals surface area contributed by atoms with Crippen LogP contribution in [-0.2, 0) is 33.6 Å². The van der Waals surface area contributed by atoms with E-state index in [4.69, 9.17) is 24.5 Å². The van der Waals surface area contributed by atoms with Crippen LogP contribution in [-0.4, -0.2) is 0 Å². The molecule has 0 bridgehead atoms. The van der Waals surface area contributed by atoms with Crippen molar-refractivity contribution < 1.29 is 42.8 Å². The lowest BCUT2D eigenvalue weighted by atomic mass is 9.84. The van der Waals surface area contributed by atoms with Gasteiger partial charge in [0.15, 0.2) is 24.8 Å². The number of rotatable bonds is 6. The Balaban J connectivity index is 0.000000107. The zero-order chi connectivity index (χ0) is 84.6. The van der Waals surface area contributed by atoms with E-state index >= 15 is 0 Å². The normalized spacial score (nSPS) is 14.9. The molecule has 8 aromatic heterocycles. The van der Waals surface area contributed by atoms with Crippen LogP contribution in [0.4, 0.5) is 0 Å². The van der Waals surface area contributed by atoms with Crippen LogP contribution in [0.1, 0.15) is 147 Å². The van der Waals surface area contributed by atoms with Crippen molar-refractivity contribution in [2.45, 2.75) is 137 Å². The van der Waals surface area contributed by atoms with Gasteiger partial charge in [-0.2, -0.15) is 0 Å². The second-order valence-electron chi connectivity index (χ2n) is 33.9. The molecule has 22 rings (SSSR count). The average Bonchev–Trinajstić information content (AvgIpc) is 1.58. The van der Waals surface area contributed by atoms with E-state index in [0.29, 0.717) is 5.56 Å². The van der Waals surface area contributed by atoms with Gasteiger partial charge in [-0.25, -0.2) is 18.3 Å². The smallest absolute Gasteiger partial charge is 0.216 e. The van der Waals surface area contributed by atoms with Crippen LogP contribution in [0.2, 0.25) is 0 Å². The lowest BCUT2D eigenvalue weighted by Crippen LogP contribution is -2.33. The van der Waals surface area contributed by atoms with E-state index in [-0.39, 0.29) is 5.41 Å². The molecule has 117 heavy (non-hydrogen) atoms. The number of nitrogens with zero attached hydrogens (tertiary/aromatic N) is 4. The largest absolute Gasteiger partial charge is 0.455 e. The van der Waals surface area contributed by atoms with Gasteiger partial charge in [0.05, 0.1) is 22.3 Å². The molecule has 2 aliphatic rings. The first-order chi connectivity index (χ1) is 58.7. The maximum Gasteiger partial charge on any atom is 0.216 e. The predicted octanol–water partition coefficient (Wildman–Crippen LogP) is 27.8. The SMILES string of the molecule is Cc1ccc2c(oc3ccc4ccccc4c32)c1-c1ccc(C(C)(C)C)c[n+]1C.[2H]C([2H])([2H])c1c[n+](C)c(-c2c(C)ccc3c2oc2ccc4ccccc4c23)cc1C.[2H]C1(c2ccc(-c3c(C)ccc4c3oc3ccc5ccccc5c34)[n+](C)c2)CCCC1.[2H]C1(c2ccc(-c3c(C)ccc4c3oc3ccc5ccccc5c34)[n+](C)c2)CCCCC1. The first kappa shape index (κ1) is 68.8. The van der Waals surface area contributed by atoms with Crippen LogP contribution in [0.15, 0.2) is 279 Å². The van der Waals surface area contributed by atoms with E-state index in [9.17, 15) is 0 Å². The van der Waals surface area contributed by atoms with Gasteiger partial charge in [0.25, 0.3) is 0 Å². The second-order valence-corrected chi connectivity index (χ2v) is 33.9. The summed E-state index contributed by atoms with van der Waals surface area (Å²) in [5.74, 6) is -0.885. The number of benzene rings is 12. The highest BCUT2D eigenvalue weighted by atomic mass is 16.3. The molecule has 0 N–H and O–H groups in total. The summed E-state index contributed by atoms with van der Waals surface area (Å²) in [7, 11) is 8.20. The molecule has 0 spiro atoms. The van der Waals surface area contributed by atoms with Crippen molar-refractivity contribution >= 4 is 131 Å². The zero-order valence-electron chi connectivity index (χ0n) is 74.1. The maximum absolute atomic E-state index is 9.02. The van der Waals surface area contributed by atoms with E-state index in [2.05, 4.69) is 314 Å². The van der Waals surface area contributed by atoms with E-state index in [1.807, 2.05) is 42.8 Å². The molecule has 2 fully saturated rings. The number of hydrogen-bond donors (Lipinski definition) is 0. The molecule has 8 heteroatoms. The van der Waals surface area contributed by atoms with Gasteiger partial charge in [-0.1, -0.05) is 223 Å². The van der Waals surface area contributed by atoms with Gasteiger partial charge in [0.2, 0.25) is 22.8 Å². The number of hydrogen-bond acceptors (Lipinski definition) is 4. The van der Waals surface area contributed by atoms with Gasteiger partial charge in [-0.3, -0.25) is 0 Å². The van der Waals surface area contributed by atoms with Crippen LogP contribution in [0.3, 0.4) is 0 Å². The van der Waals surface area contributed by atoms with E-state index < -0.39 is 18.6 Å². The molecule has 578 valence electrons. The number of pyridine rings is 4. The monoisotopic (exact) mass is 1540 g/mol. The third-order valence-electron chi connectivity index (χ3n) is 25.2. The van der Waals surface area contributed by atoms with E-state index in [1.165, 1.54) is 105 Å². The standard InChI is InChI=1S/C29H28NO.C28H26NO.C27H26NO.C25H22NO/c1-19-12-15-24-28-23-11-7-6-10-21(23)14-17-26(28)31-29(24)27(19)25-16-13-22(18-30(25)2)20-8-4-3-5-9-20;1-18-11-14-23-27-22-10-6-5-9-20(22)13-16-25(27)30-28(23)26(18)24-15-12-21(17-29(24)2)19-7-3-4-8-19;1-17-10-13-21-25-20-9-7-6-8-18(20)11-15-23(25)29-26(21)24(17)22-14-12-19(16-28(22)5)27(2,3)4;1-15-9-11-20-24-19-8-6-5-7-18(19)10-12-22(24)27-25(20)23(15)21-13-16(2)17(3)14-26(21)4/h6-7,10-18,20H,3-5,8-9H2,1-2H3;5-6,9-17,19H,3-4,7-8H2,1-2H3;6-16H,1-5H3;5-14H,1-4H3/q4*+1/i20D;19D;;3D3. The molecule has 0 amide bonds. The fraction of sp³-hybridized carbons (Fsp3) is 0.229. The van der Waals surface area contributed by atoms with Crippen molar-refractivity contribution in [1.29, 1.82) is 0 Å². The summed E-state index contributed by atoms with van der Waals surface area (Å²) in [5, 5.41) is 19.0. The number of aryl methyl sites for hydroxylation is 10. The summed E-state index contributed by atoms with van der Waals surface area (Å²) >= 11 is 0. The Hall–Kier alpha value is -12.5. The summed E-state index contributed by atoms with van der Waals surface area (Å²) < 4.78 is 75.7. The highest BCUT2D eigenvalue weighted by Gasteiger charge is 2.30. The van der Waals surface area contributed by atoms with Crippen molar-refractivity contribution in [2.75, 3.05) is 0 Å². The van der Waals surface area contributed by atoms with Crippen molar-refractivity contribution in [3.63, 3.8) is 0 Å². The molecule has 12 aromatic carbocycles. The highest BCUT2D eigenvalue weighted by molar-refractivity contribution is 6.24. The van der Waals surface area contributed by atoms with Crippen molar-refractivity contribution in [1.82, 2.24) is 0 Å². The van der Waals surface area contributed by atoms with Crippen LogP contribution >= 0.6 is 0 Å². The van der Waals surface area contributed by atoms with Crippen LogP contribution < -0.4 is 18.3 Å². The molecule has 2 saturated carbocycles. The molecule has 0 saturated heterocycles. The summed E-state index contributed by atoms with van der Waals surface area (Å²) in [6.07, 6.45) is 18.0. The molecule has 8 nitrogen and oxygen atoms in total. The van der Waals surface area contributed by atoms with E-state index in [0.717, 1.165) is 174 Å².